The van der Waals surface area contributed by atoms with Crippen LogP contribution in [0.2, 0.25) is 0 Å². The van der Waals surface area contributed by atoms with Crippen molar-refractivity contribution in [2.45, 2.75) is 32.4 Å². The molecule has 0 amide bonds. The van der Waals surface area contributed by atoms with Crippen molar-refractivity contribution in [3.8, 4) is 21.9 Å². The molecule has 2 aliphatic rings. The lowest BCUT2D eigenvalue weighted by Crippen LogP contribution is -2.33. The molecule has 5 heteroatoms. The van der Waals surface area contributed by atoms with E-state index in [1.54, 1.807) is 11.3 Å². The van der Waals surface area contributed by atoms with E-state index in [9.17, 15) is 5.11 Å². The summed E-state index contributed by atoms with van der Waals surface area (Å²) in [6.07, 6.45) is 2.64. The second kappa shape index (κ2) is 6.75. The summed E-state index contributed by atoms with van der Waals surface area (Å²) >= 11 is 1.75. The first-order valence-electron chi connectivity index (χ1n) is 8.58. The van der Waals surface area contributed by atoms with Crippen LogP contribution in [0, 0.1) is 6.92 Å². The van der Waals surface area contributed by atoms with Crippen molar-refractivity contribution in [2.24, 2.45) is 0 Å². The molecule has 0 unspecified atom stereocenters. The highest BCUT2D eigenvalue weighted by atomic mass is 32.1. The summed E-state index contributed by atoms with van der Waals surface area (Å²) in [6.45, 7) is 6.18. The van der Waals surface area contributed by atoms with Crippen LogP contribution < -0.4 is 4.74 Å². The fraction of sp³-hybridized carbons (Fsp3) is 0.474. The second-order valence-corrected chi connectivity index (χ2v) is 7.90. The lowest BCUT2D eigenvalue weighted by atomic mass is 10.1. The van der Waals surface area contributed by atoms with E-state index in [4.69, 9.17) is 9.47 Å². The Morgan fingerprint density at radius 2 is 2.21 bits per heavy atom. The van der Waals surface area contributed by atoms with Crippen molar-refractivity contribution in [3.05, 3.63) is 34.7 Å². The zero-order valence-corrected chi connectivity index (χ0v) is 14.8. The van der Waals surface area contributed by atoms with Crippen molar-refractivity contribution < 1.29 is 14.6 Å². The quantitative estimate of drug-likeness (QED) is 0.919. The van der Waals surface area contributed by atoms with Crippen molar-refractivity contribution in [1.82, 2.24) is 4.90 Å². The van der Waals surface area contributed by atoms with Gasteiger partial charge in [0, 0.05) is 41.6 Å². The molecule has 1 aromatic heterocycles. The summed E-state index contributed by atoms with van der Waals surface area (Å²) in [5.41, 5.74) is 2.12. The van der Waals surface area contributed by atoms with Gasteiger partial charge in [0.25, 0.3) is 0 Å². The SMILES string of the molecule is Cc1ccc(-c2cc(O)c3c(c2)CN(C[C@@H]2CCCO2)CCO3)s1. The van der Waals surface area contributed by atoms with Gasteiger partial charge in [-0.25, -0.2) is 0 Å². The molecule has 24 heavy (non-hydrogen) atoms. The molecule has 0 saturated carbocycles. The number of benzene rings is 1. The van der Waals surface area contributed by atoms with Crippen LogP contribution in [-0.4, -0.2) is 42.4 Å². The van der Waals surface area contributed by atoms with E-state index in [1.807, 2.05) is 6.07 Å². The first-order valence-corrected chi connectivity index (χ1v) is 9.40. The summed E-state index contributed by atoms with van der Waals surface area (Å²) in [6, 6.07) is 8.21. The smallest absolute Gasteiger partial charge is 0.165 e. The molecule has 0 radical (unpaired) electrons. The Labute approximate surface area is 146 Å². The minimum absolute atomic E-state index is 0.243. The maximum absolute atomic E-state index is 10.4. The number of thiophene rings is 1. The van der Waals surface area contributed by atoms with E-state index in [0.717, 1.165) is 50.2 Å². The number of hydrogen-bond acceptors (Lipinski definition) is 5. The standard InChI is InChI=1S/C19H23NO3S/c1-13-4-5-18(24-13)14-9-15-11-20(12-16-3-2-7-22-16)6-8-23-19(15)17(21)10-14/h4-5,9-10,16,21H,2-3,6-8,11-12H2,1H3/t16-/m0/s1. The van der Waals surface area contributed by atoms with Gasteiger partial charge in [0.1, 0.15) is 6.61 Å². The first-order chi connectivity index (χ1) is 11.7. The second-order valence-electron chi connectivity index (χ2n) is 6.61. The number of nitrogens with zero attached hydrogens (tertiary/aromatic N) is 1. The number of aryl methyl sites for hydroxylation is 1. The van der Waals surface area contributed by atoms with Crippen LogP contribution in [0.4, 0.5) is 0 Å². The number of phenols is 1. The topological polar surface area (TPSA) is 41.9 Å². The molecule has 0 aliphatic carbocycles. The fourth-order valence-corrected chi connectivity index (χ4v) is 4.37. The summed E-state index contributed by atoms with van der Waals surface area (Å²) in [4.78, 5) is 4.83. The van der Waals surface area contributed by atoms with Crippen LogP contribution in [0.3, 0.4) is 0 Å². The van der Waals surface area contributed by atoms with Crippen molar-refractivity contribution in [3.63, 3.8) is 0 Å². The monoisotopic (exact) mass is 345 g/mol. The minimum atomic E-state index is 0.243. The molecule has 2 aromatic rings. The predicted molar refractivity (Wildman–Crippen MR) is 95.9 cm³/mol. The fourth-order valence-electron chi connectivity index (χ4n) is 3.52. The Kier molecular flexibility index (Phi) is 4.48. The van der Waals surface area contributed by atoms with E-state index >= 15 is 0 Å². The van der Waals surface area contributed by atoms with Crippen LogP contribution in [0.5, 0.6) is 11.5 Å². The van der Waals surface area contributed by atoms with Crippen LogP contribution >= 0.6 is 11.3 Å². The molecular formula is C19H23NO3S. The van der Waals surface area contributed by atoms with Gasteiger partial charge in [0.2, 0.25) is 0 Å². The Balaban J connectivity index is 1.60. The summed E-state index contributed by atoms with van der Waals surface area (Å²) in [7, 11) is 0. The largest absolute Gasteiger partial charge is 0.504 e. The third kappa shape index (κ3) is 3.29. The molecule has 2 aliphatic heterocycles. The highest BCUT2D eigenvalue weighted by molar-refractivity contribution is 7.15. The molecule has 1 saturated heterocycles. The molecule has 1 aromatic carbocycles. The van der Waals surface area contributed by atoms with Gasteiger partial charge in [-0.15, -0.1) is 11.3 Å². The normalized spacial score (nSPS) is 21.3. The molecule has 128 valence electrons. The van der Waals surface area contributed by atoms with Crippen LogP contribution in [0.25, 0.3) is 10.4 Å². The maximum atomic E-state index is 10.4. The Morgan fingerprint density at radius 3 is 2.96 bits per heavy atom. The number of aromatic hydroxyl groups is 1. The van der Waals surface area contributed by atoms with Gasteiger partial charge in [0.15, 0.2) is 11.5 Å². The zero-order valence-electron chi connectivity index (χ0n) is 14.0. The highest BCUT2D eigenvalue weighted by Gasteiger charge is 2.24. The third-order valence-electron chi connectivity index (χ3n) is 4.70. The van der Waals surface area contributed by atoms with Crippen molar-refractivity contribution in [2.75, 3.05) is 26.3 Å². The molecule has 0 bridgehead atoms. The van der Waals surface area contributed by atoms with E-state index in [-0.39, 0.29) is 5.75 Å². The van der Waals surface area contributed by atoms with Gasteiger partial charge in [-0.3, -0.25) is 4.90 Å². The van der Waals surface area contributed by atoms with Crippen LogP contribution in [0.15, 0.2) is 24.3 Å². The molecule has 1 fully saturated rings. The maximum Gasteiger partial charge on any atom is 0.165 e. The lowest BCUT2D eigenvalue weighted by molar-refractivity contribution is 0.0687. The minimum Gasteiger partial charge on any atom is -0.504 e. The summed E-state index contributed by atoms with van der Waals surface area (Å²) < 4.78 is 11.6. The van der Waals surface area contributed by atoms with Gasteiger partial charge < -0.3 is 14.6 Å². The number of phenolic OH excluding ortho intramolecular Hbond substituents is 1. The van der Waals surface area contributed by atoms with Crippen LogP contribution in [0.1, 0.15) is 23.3 Å². The van der Waals surface area contributed by atoms with E-state index < -0.39 is 0 Å². The molecule has 4 nitrogen and oxygen atoms in total. The Hall–Kier alpha value is -1.56. The van der Waals surface area contributed by atoms with Gasteiger partial charge in [-0.2, -0.15) is 0 Å². The average molecular weight is 345 g/mol. The molecule has 4 rings (SSSR count). The number of hydrogen-bond donors (Lipinski definition) is 1. The van der Waals surface area contributed by atoms with Gasteiger partial charge >= 0.3 is 0 Å². The number of ether oxygens (including phenoxy) is 2. The van der Waals surface area contributed by atoms with E-state index in [1.165, 1.54) is 9.75 Å². The molecular weight excluding hydrogens is 322 g/mol. The highest BCUT2D eigenvalue weighted by Crippen LogP contribution is 2.39. The van der Waals surface area contributed by atoms with Crippen LogP contribution in [-0.2, 0) is 11.3 Å². The Bertz CT molecular complexity index is 721. The summed E-state index contributed by atoms with van der Waals surface area (Å²) in [5.74, 6) is 0.884. The molecule has 0 spiro atoms. The van der Waals surface area contributed by atoms with E-state index in [2.05, 4.69) is 30.0 Å². The first kappa shape index (κ1) is 15.9. The van der Waals surface area contributed by atoms with Gasteiger partial charge in [-0.1, -0.05) is 0 Å². The summed E-state index contributed by atoms with van der Waals surface area (Å²) in [5, 5.41) is 10.4. The van der Waals surface area contributed by atoms with Gasteiger partial charge in [0.05, 0.1) is 6.10 Å². The number of fused-ring (bicyclic) bond motifs is 1. The lowest BCUT2D eigenvalue weighted by Gasteiger charge is -2.22. The zero-order chi connectivity index (χ0) is 16.5. The number of rotatable bonds is 3. The predicted octanol–water partition coefficient (Wildman–Crippen LogP) is 3.80. The van der Waals surface area contributed by atoms with E-state index in [0.29, 0.717) is 18.5 Å². The molecule has 3 heterocycles. The third-order valence-corrected chi connectivity index (χ3v) is 5.75. The van der Waals surface area contributed by atoms with Crippen molar-refractivity contribution >= 4 is 11.3 Å². The Morgan fingerprint density at radius 1 is 1.29 bits per heavy atom. The van der Waals surface area contributed by atoms with Gasteiger partial charge in [-0.05, 0) is 49.6 Å². The molecule has 1 N–H and O–H groups in total. The molecule has 1 atom stereocenters. The average Bonchev–Trinajstić information content (AvgIpc) is 3.16. The van der Waals surface area contributed by atoms with Crippen molar-refractivity contribution in [1.29, 1.82) is 0 Å².